The lowest BCUT2D eigenvalue weighted by Crippen LogP contribution is -2.13. The van der Waals surface area contributed by atoms with Crippen LogP contribution in [0.5, 0.6) is 23.0 Å². The largest absolute Gasteiger partial charge is 0.508 e. The number of esters is 1. The molecule has 1 aliphatic rings. The van der Waals surface area contributed by atoms with Crippen LogP contribution < -0.4 is 9.47 Å². The maximum absolute atomic E-state index is 12.5. The van der Waals surface area contributed by atoms with Gasteiger partial charge in [0.05, 0.1) is 17.9 Å². The average molecular weight is 411 g/mol. The lowest BCUT2D eigenvalue weighted by atomic mass is 9.98. The first-order chi connectivity index (χ1) is 14.4. The molecule has 0 bridgehead atoms. The molecule has 0 spiro atoms. The van der Waals surface area contributed by atoms with Gasteiger partial charge >= 0.3 is 5.97 Å². The summed E-state index contributed by atoms with van der Waals surface area (Å²) >= 11 is 0. The van der Waals surface area contributed by atoms with Crippen molar-refractivity contribution < 1.29 is 29.2 Å². The molecule has 2 heterocycles. The number of phenols is 2. The van der Waals surface area contributed by atoms with Gasteiger partial charge in [0.1, 0.15) is 11.5 Å². The summed E-state index contributed by atoms with van der Waals surface area (Å²) < 4.78 is 17.4. The van der Waals surface area contributed by atoms with E-state index in [1.807, 2.05) is 13.8 Å². The van der Waals surface area contributed by atoms with Crippen LogP contribution >= 0.6 is 0 Å². The monoisotopic (exact) mass is 411 g/mol. The van der Waals surface area contributed by atoms with Gasteiger partial charge in [0.25, 0.3) is 0 Å². The molecule has 30 heavy (non-hydrogen) atoms. The Morgan fingerprint density at radius 3 is 2.63 bits per heavy atom. The molecule has 156 valence electrons. The summed E-state index contributed by atoms with van der Waals surface area (Å²) in [4.78, 5) is 12.5. The molecule has 0 radical (unpaired) electrons. The molecule has 0 atom stereocenters. The molecule has 0 fully saturated rings. The van der Waals surface area contributed by atoms with Crippen LogP contribution in [-0.4, -0.2) is 44.3 Å². The number of rotatable bonds is 5. The van der Waals surface area contributed by atoms with Crippen molar-refractivity contribution in [2.24, 2.45) is 0 Å². The summed E-state index contributed by atoms with van der Waals surface area (Å²) in [6.07, 6.45) is 0. The normalized spacial score (nSPS) is 12.4. The van der Waals surface area contributed by atoms with Crippen LogP contribution in [0.15, 0.2) is 30.3 Å². The van der Waals surface area contributed by atoms with Gasteiger partial charge in [0.2, 0.25) is 12.6 Å². The summed E-state index contributed by atoms with van der Waals surface area (Å²) in [6, 6.07) is 8.03. The minimum atomic E-state index is -0.656. The van der Waals surface area contributed by atoms with Gasteiger partial charge in [0.15, 0.2) is 17.3 Å². The van der Waals surface area contributed by atoms with Crippen molar-refractivity contribution in [2.75, 3.05) is 13.4 Å². The van der Waals surface area contributed by atoms with Gasteiger partial charge in [0, 0.05) is 12.1 Å². The van der Waals surface area contributed by atoms with E-state index in [0.29, 0.717) is 28.3 Å². The molecular weight excluding hydrogens is 390 g/mol. The highest BCUT2D eigenvalue weighted by atomic mass is 16.7. The van der Waals surface area contributed by atoms with E-state index in [2.05, 4.69) is 10.2 Å². The molecule has 0 unspecified atom stereocenters. The van der Waals surface area contributed by atoms with Crippen LogP contribution in [0.25, 0.3) is 17.1 Å². The molecule has 2 aromatic carbocycles. The number of aromatic hydroxyl groups is 2. The fourth-order valence-electron chi connectivity index (χ4n) is 3.29. The second-order valence-electron chi connectivity index (χ2n) is 7.02. The number of hydrogen-bond acceptors (Lipinski definition) is 8. The molecule has 1 aromatic heterocycles. The number of ether oxygens (including phenoxy) is 3. The maximum atomic E-state index is 12.5. The van der Waals surface area contributed by atoms with Crippen LogP contribution in [0.4, 0.5) is 0 Å². The Morgan fingerprint density at radius 2 is 1.90 bits per heavy atom. The number of benzene rings is 2. The minimum absolute atomic E-state index is 0.00390. The highest BCUT2D eigenvalue weighted by molar-refractivity contribution is 5.87. The third-order valence-electron chi connectivity index (χ3n) is 4.74. The average Bonchev–Trinajstić information content (AvgIpc) is 3.34. The quantitative estimate of drug-likeness (QED) is 0.614. The number of fused-ring (bicyclic) bond motifs is 1. The Bertz CT molecular complexity index is 1120. The van der Waals surface area contributed by atoms with E-state index in [9.17, 15) is 15.0 Å². The van der Waals surface area contributed by atoms with Crippen molar-refractivity contribution in [3.8, 4) is 40.1 Å². The van der Waals surface area contributed by atoms with Gasteiger partial charge in [-0.25, -0.2) is 4.79 Å². The lowest BCUT2D eigenvalue weighted by Gasteiger charge is -2.14. The van der Waals surface area contributed by atoms with Crippen LogP contribution in [0.3, 0.4) is 0 Å². The molecule has 2 N–H and O–H groups in total. The Kier molecular flexibility index (Phi) is 4.94. The van der Waals surface area contributed by atoms with Gasteiger partial charge in [-0.05, 0) is 36.6 Å². The Labute approximate surface area is 172 Å². The van der Waals surface area contributed by atoms with E-state index in [1.165, 1.54) is 10.6 Å². The predicted octanol–water partition coefficient (Wildman–Crippen LogP) is 3.37. The smallest absolute Gasteiger partial charge is 0.376 e. The molecule has 0 amide bonds. The van der Waals surface area contributed by atoms with E-state index >= 15 is 0 Å². The second kappa shape index (κ2) is 7.58. The number of carbonyl (C=O) groups is 1. The predicted molar refractivity (Wildman–Crippen MR) is 106 cm³/mol. The van der Waals surface area contributed by atoms with Gasteiger partial charge in [-0.3, -0.25) is 4.57 Å². The van der Waals surface area contributed by atoms with Gasteiger partial charge in [-0.1, -0.05) is 13.8 Å². The first kappa shape index (κ1) is 19.6. The third kappa shape index (κ3) is 3.28. The molecule has 9 heteroatoms. The molecule has 1 aliphatic heterocycles. The second-order valence-corrected chi connectivity index (χ2v) is 7.02. The first-order valence-electron chi connectivity index (χ1n) is 9.49. The molecule has 4 rings (SSSR count). The highest BCUT2D eigenvalue weighted by Gasteiger charge is 2.26. The fourth-order valence-corrected chi connectivity index (χ4v) is 3.29. The van der Waals surface area contributed by atoms with Crippen LogP contribution in [0.2, 0.25) is 0 Å². The van der Waals surface area contributed by atoms with Crippen molar-refractivity contribution in [3.63, 3.8) is 0 Å². The summed E-state index contributed by atoms with van der Waals surface area (Å²) in [6.45, 7) is 5.81. The standard InChI is InChI=1S/C21H21N3O6/c1-4-28-21(27)20-23-22-19(14-8-13(11(2)3)15(25)9-16(14)26)24(20)12-5-6-17-18(7-12)30-10-29-17/h5-9,11,25-26H,4,10H2,1-3H3. The van der Waals surface area contributed by atoms with Crippen LogP contribution in [-0.2, 0) is 4.74 Å². The number of aromatic nitrogens is 3. The van der Waals surface area contributed by atoms with E-state index in [0.717, 1.165) is 0 Å². The molecule has 0 saturated heterocycles. The molecule has 9 nitrogen and oxygen atoms in total. The lowest BCUT2D eigenvalue weighted by molar-refractivity contribution is 0.0509. The summed E-state index contributed by atoms with van der Waals surface area (Å²) in [7, 11) is 0. The van der Waals surface area contributed by atoms with Crippen molar-refractivity contribution in [2.45, 2.75) is 26.7 Å². The molecule has 0 aliphatic carbocycles. The van der Waals surface area contributed by atoms with E-state index < -0.39 is 5.97 Å². The summed E-state index contributed by atoms with van der Waals surface area (Å²) in [5, 5.41) is 28.9. The topological polar surface area (TPSA) is 116 Å². The Hall–Kier alpha value is -3.75. The summed E-state index contributed by atoms with van der Waals surface area (Å²) in [5.74, 6) is 0.390. The number of carbonyl (C=O) groups excluding carboxylic acids is 1. The van der Waals surface area contributed by atoms with E-state index in [-0.39, 0.29) is 42.5 Å². The van der Waals surface area contributed by atoms with E-state index in [1.54, 1.807) is 31.2 Å². The third-order valence-corrected chi connectivity index (χ3v) is 4.74. The Balaban J connectivity index is 1.94. The molecular formula is C21H21N3O6. The van der Waals surface area contributed by atoms with Crippen LogP contribution in [0.1, 0.15) is 42.9 Å². The first-order valence-corrected chi connectivity index (χ1v) is 9.49. The zero-order chi connectivity index (χ0) is 21.4. The van der Waals surface area contributed by atoms with Crippen molar-refractivity contribution >= 4 is 5.97 Å². The highest BCUT2D eigenvalue weighted by Crippen LogP contribution is 2.39. The van der Waals surface area contributed by atoms with E-state index in [4.69, 9.17) is 14.2 Å². The number of nitrogens with zero attached hydrogens (tertiary/aromatic N) is 3. The van der Waals surface area contributed by atoms with Crippen LogP contribution in [0, 0.1) is 0 Å². The van der Waals surface area contributed by atoms with Gasteiger partial charge in [-0.2, -0.15) is 0 Å². The van der Waals surface area contributed by atoms with Crippen molar-refractivity contribution in [3.05, 3.63) is 41.7 Å². The number of hydrogen-bond donors (Lipinski definition) is 2. The number of phenolic OH excluding ortho intramolecular Hbond substituents is 2. The SMILES string of the molecule is CCOC(=O)c1nnc(-c2cc(C(C)C)c(O)cc2O)n1-c1ccc2c(c1)OCO2. The minimum Gasteiger partial charge on any atom is -0.508 e. The van der Waals surface area contributed by atoms with Gasteiger partial charge in [-0.15, -0.1) is 10.2 Å². The Morgan fingerprint density at radius 1 is 1.13 bits per heavy atom. The maximum Gasteiger partial charge on any atom is 0.376 e. The molecule has 0 saturated carbocycles. The molecule has 3 aromatic rings. The zero-order valence-electron chi connectivity index (χ0n) is 16.7. The van der Waals surface area contributed by atoms with Crippen molar-refractivity contribution in [1.82, 2.24) is 14.8 Å². The zero-order valence-corrected chi connectivity index (χ0v) is 16.7. The van der Waals surface area contributed by atoms with Crippen molar-refractivity contribution in [1.29, 1.82) is 0 Å². The van der Waals surface area contributed by atoms with Gasteiger partial charge < -0.3 is 24.4 Å². The fraction of sp³-hybridized carbons (Fsp3) is 0.286. The summed E-state index contributed by atoms with van der Waals surface area (Å²) in [5.41, 5.74) is 1.47.